The highest BCUT2D eigenvalue weighted by molar-refractivity contribution is 5.31. The van der Waals surface area contributed by atoms with Gasteiger partial charge in [0.1, 0.15) is 11.5 Å². The molecule has 3 nitrogen and oxygen atoms in total. The Morgan fingerprint density at radius 1 is 0.913 bits per heavy atom. The van der Waals surface area contributed by atoms with Crippen LogP contribution >= 0.6 is 0 Å². The third kappa shape index (κ3) is 7.74. The lowest BCUT2D eigenvalue weighted by atomic mass is 9.92. The summed E-state index contributed by atoms with van der Waals surface area (Å²) >= 11 is 0. The van der Waals surface area contributed by atoms with Gasteiger partial charge in [0.2, 0.25) is 0 Å². The first-order chi connectivity index (χ1) is 11.4. The number of ether oxygens (including phenoxy) is 3. The van der Waals surface area contributed by atoms with Crippen LogP contribution in [0.15, 0.2) is 24.3 Å². The molecule has 1 aromatic rings. The fourth-order valence-electron chi connectivity index (χ4n) is 3.01. The van der Waals surface area contributed by atoms with Crippen LogP contribution in [0, 0.1) is 5.92 Å². The lowest BCUT2D eigenvalue weighted by molar-refractivity contribution is 0.102. The van der Waals surface area contributed by atoms with Crippen molar-refractivity contribution in [3.05, 3.63) is 24.3 Å². The van der Waals surface area contributed by atoms with E-state index < -0.39 is 0 Å². The Bertz CT molecular complexity index is 394. The molecule has 0 aromatic heterocycles. The second-order valence-corrected chi connectivity index (χ2v) is 6.43. The third-order valence-corrected chi connectivity index (χ3v) is 4.42. The van der Waals surface area contributed by atoms with Crippen LogP contribution in [-0.2, 0) is 4.74 Å². The fourth-order valence-corrected chi connectivity index (χ4v) is 3.01. The maximum absolute atomic E-state index is 5.85. The SMILES string of the molecule is CCCCOc1ccc(OCCCC2CCCOCCC2)cc1. The molecule has 0 spiro atoms. The summed E-state index contributed by atoms with van der Waals surface area (Å²) < 4.78 is 17.0. The first kappa shape index (κ1) is 18.1. The van der Waals surface area contributed by atoms with E-state index in [1.165, 1.54) is 32.1 Å². The minimum atomic E-state index is 0.795. The van der Waals surface area contributed by atoms with E-state index in [1.807, 2.05) is 24.3 Å². The molecule has 0 saturated carbocycles. The summed E-state index contributed by atoms with van der Waals surface area (Å²) in [6.45, 7) is 5.66. The second-order valence-electron chi connectivity index (χ2n) is 6.43. The van der Waals surface area contributed by atoms with Crippen molar-refractivity contribution in [2.75, 3.05) is 26.4 Å². The zero-order valence-electron chi connectivity index (χ0n) is 14.6. The van der Waals surface area contributed by atoms with Gasteiger partial charge in [0, 0.05) is 13.2 Å². The molecule has 2 rings (SSSR count). The predicted molar refractivity (Wildman–Crippen MR) is 94.4 cm³/mol. The number of hydrogen-bond acceptors (Lipinski definition) is 3. The normalized spacial score (nSPS) is 16.6. The summed E-state index contributed by atoms with van der Waals surface area (Å²) in [5.41, 5.74) is 0. The molecule has 0 N–H and O–H groups in total. The van der Waals surface area contributed by atoms with Gasteiger partial charge in [-0.2, -0.15) is 0 Å². The van der Waals surface area contributed by atoms with E-state index in [0.29, 0.717) is 0 Å². The highest BCUT2D eigenvalue weighted by atomic mass is 16.5. The molecule has 3 heteroatoms. The summed E-state index contributed by atoms with van der Waals surface area (Å²) in [4.78, 5) is 0. The smallest absolute Gasteiger partial charge is 0.119 e. The average molecular weight is 320 g/mol. The van der Waals surface area contributed by atoms with E-state index in [-0.39, 0.29) is 0 Å². The van der Waals surface area contributed by atoms with Crippen LogP contribution in [0.25, 0.3) is 0 Å². The Morgan fingerprint density at radius 2 is 1.48 bits per heavy atom. The maximum Gasteiger partial charge on any atom is 0.119 e. The van der Waals surface area contributed by atoms with Gasteiger partial charge >= 0.3 is 0 Å². The highest BCUT2D eigenvalue weighted by Crippen LogP contribution is 2.22. The van der Waals surface area contributed by atoms with Crippen molar-refractivity contribution >= 4 is 0 Å². The van der Waals surface area contributed by atoms with Gasteiger partial charge in [0.25, 0.3) is 0 Å². The summed E-state index contributed by atoms with van der Waals surface area (Å²) in [5.74, 6) is 2.73. The van der Waals surface area contributed by atoms with E-state index in [9.17, 15) is 0 Å². The summed E-state index contributed by atoms with van der Waals surface area (Å²) in [6.07, 6.45) is 9.73. The Kier molecular flexibility index (Phi) is 8.93. The molecule has 23 heavy (non-hydrogen) atoms. The van der Waals surface area contributed by atoms with Crippen molar-refractivity contribution in [3.8, 4) is 11.5 Å². The Labute approximate surface area is 141 Å². The van der Waals surface area contributed by atoms with Crippen molar-refractivity contribution in [2.24, 2.45) is 5.92 Å². The molecule has 1 aliphatic heterocycles. The molecule has 0 amide bonds. The topological polar surface area (TPSA) is 27.7 Å². The lowest BCUT2D eigenvalue weighted by Crippen LogP contribution is -2.11. The minimum Gasteiger partial charge on any atom is -0.494 e. The van der Waals surface area contributed by atoms with Gasteiger partial charge in [0.15, 0.2) is 0 Å². The predicted octanol–water partition coefficient (Wildman–Crippen LogP) is 5.23. The minimum absolute atomic E-state index is 0.795. The van der Waals surface area contributed by atoms with Gasteiger partial charge in [-0.3, -0.25) is 0 Å². The van der Waals surface area contributed by atoms with Crippen molar-refractivity contribution in [2.45, 2.75) is 58.3 Å². The van der Waals surface area contributed by atoms with Gasteiger partial charge in [-0.05, 0) is 75.1 Å². The largest absolute Gasteiger partial charge is 0.494 e. The van der Waals surface area contributed by atoms with Gasteiger partial charge in [-0.15, -0.1) is 0 Å². The highest BCUT2D eigenvalue weighted by Gasteiger charge is 2.11. The third-order valence-electron chi connectivity index (χ3n) is 4.42. The van der Waals surface area contributed by atoms with Crippen molar-refractivity contribution in [3.63, 3.8) is 0 Å². The standard InChI is InChI=1S/C20H32O3/c1-2-3-16-22-19-10-12-20(13-11-19)23-17-6-9-18-7-4-14-21-15-5-8-18/h10-13,18H,2-9,14-17H2,1H3. The van der Waals surface area contributed by atoms with Crippen LogP contribution in [0.4, 0.5) is 0 Å². The van der Waals surface area contributed by atoms with Crippen LogP contribution in [0.3, 0.4) is 0 Å². The molecular formula is C20H32O3. The van der Waals surface area contributed by atoms with Gasteiger partial charge < -0.3 is 14.2 Å². The van der Waals surface area contributed by atoms with Gasteiger partial charge in [0.05, 0.1) is 13.2 Å². The first-order valence-corrected chi connectivity index (χ1v) is 9.32. The van der Waals surface area contributed by atoms with Crippen LogP contribution < -0.4 is 9.47 Å². The Balaban J connectivity index is 1.59. The van der Waals surface area contributed by atoms with Gasteiger partial charge in [-0.25, -0.2) is 0 Å². The van der Waals surface area contributed by atoms with Crippen LogP contribution in [0.5, 0.6) is 11.5 Å². The molecule has 0 aliphatic carbocycles. The zero-order valence-corrected chi connectivity index (χ0v) is 14.6. The summed E-state index contributed by atoms with van der Waals surface area (Å²) in [6, 6.07) is 8.02. The van der Waals surface area contributed by atoms with Crippen LogP contribution in [-0.4, -0.2) is 26.4 Å². The fraction of sp³-hybridized carbons (Fsp3) is 0.700. The quantitative estimate of drug-likeness (QED) is 0.583. The number of rotatable bonds is 9. The van der Waals surface area contributed by atoms with Crippen molar-refractivity contribution < 1.29 is 14.2 Å². The molecule has 1 fully saturated rings. The maximum atomic E-state index is 5.85. The van der Waals surface area contributed by atoms with E-state index in [0.717, 1.165) is 63.1 Å². The Hall–Kier alpha value is -1.22. The summed E-state index contributed by atoms with van der Waals surface area (Å²) in [5, 5.41) is 0. The molecule has 0 radical (unpaired) electrons. The molecule has 1 heterocycles. The molecule has 0 bridgehead atoms. The van der Waals surface area contributed by atoms with Crippen LogP contribution in [0.1, 0.15) is 58.3 Å². The molecule has 1 saturated heterocycles. The number of benzene rings is 1. The number of unbranched alkanes of at least 4 members (excludes halogenated alkanes) is 1. The van der Waals surface area contributed by atoms with E-state index in [2.05, 4.69) is 6.92 Å². The average Bonchev–Trinajstić information content (AvgIpc) is 2.54. The molecular weight excluding hydrogens is 288 g/mol. The molecule has 1 aliphatic rings. The zero-order chi connectivity index (χ0) is 16.2. The monoisotopic (exact) mass is 320 g/mol. The van der Waals surface area contributed by atoms with Gasteiger partial charge in [-0.1, -0.05) is 13.3 Å². The van der Waals surface area contributed by atoms with Crippen molar-refractivity contribution in [1.82, 2.24) is 0 Å². The Morgan fingerprint density at radius 3 is 2.04 bits per heavy atom. The van der Waals surface area contributed by atoms with Crippen molar-refractivity contribution in [1.29, 1.82) is 0 Å². The lowest BCUT2D eigenvalue weighted by Gasteiger charge is -2.19. The molecule has 1 aromatic carbocycles. The second kappa shape index (κ2) is 11.3. The molecule has 130 valence electrons. The van der Waals surface area contributed by atoms with E-state index in [1.54, 1.807) is 0 Å². The van der Waals surface area contributed by atoms with Crippen LogP contribution in [0.2, 0.25) is 0 Å². The van der Waals surface area contributed by atoms with E-state index >= 15 is 0 Å². The molecule has 0 atom stereocenters. The van der Waals surface area contributed by atoms with E-state index in [4.69, 9.17) is 14.2 Å². The molecule has 0 unspecified atom stereocenters. The summed E-state index contributed by atoms with van der Waals surface area (Å²) in [7, 11) is 0. The number of hydrogen-bond donors (Lipinski definition) is 0. The first-order valence-electron chi connectivity index (χ1n) is 9.32.